The lowest BCUT2D eigenvalue weighted by Gasteiger charge is -2.24. The highest BCUT2D eigenvalue weighted by atomic mass is 32.2. The summed E-state index contributed by atoms with van der Waals surface area (Å²) in [5.41, 5.74) is 1.40. The molecule has 0 aromatic heterocycles. The molecule has 0 spiro atoms. The lowest BCUT2D eigenvalue weighted by molar-refractivity contribution is -0.385. The van der Waals surface area contributed by atoms with Gasteiger partial charge >= 0.3 is 0 Å². The molecule has 2 rings (SSSR count). The molecule has 0 bridgehead atoms. The summed E-state index contributed by atoms with van der Waals surface area (Å²) in [7, 11) is -2.40. The molecule has 0 fully saturated rings. The predicted molar refractivity (Wildman–Crippen MR) is 106 cm³/mol. The Morgan fingerprint density at radius 2 is 1.93 bits per heavy atom. The molecule has 0 atom stereocenters. The van der Waals surface area contributed by atoms with Crippen molar-refractivity contribution in [3.05, 3.63) is 57.6 Å². The molecule has 0 aliphatic rings. The topological polar surface area (TPSA) is 119 Å². The first-order chi connectivity index (χ1) is 13.0. The van der Waals surface area contributed by atoms with E-state index in [0.717, 1.165) is 16.1 Å². The number of anilines is 2. The van der Waals surface area contributed by atoms with Gasteiger partial charge in [0.25, 0.3) is 5.69 Å². The number of sulfonamides is 1. The highest BCUT2D eigenvalue weighted by molar-refractivity contribution is 7.92. The van der Waals surface area contributed by atoms with Crippen LogP contribution in [0.4, 0.5) is 17.1 Å². The van der Waals surface area contributed by atoms with Crippen LogP contribution >= 0.6 is 0 Å². The fraction of sp³-hybridized carbons (Fsp3) is 0.278. The molecule has 2 aromatic rings. The number of amides is 1. The Bertz CT molecular complexity index is 1020. The Labute approximate surface area is 163 Å². The van der Waals surface area contributed by atoms with Crippen LogP contribution in [0.1, 0.15) is 11.1 Å². The number of nitro benzene ring substituents is 1. The molecular formula is C18H21N3O6S. The fourth-order valence-electron chi connectivity index (χ4n) is 2.65. The summed E-state index contributed by atoms with van der Waals surface area (Å²) in [6.07, 6.45) is 0.987. The highest BCUT2D eigenvalue weighted by Gasteiger charge is 2.25. The van der Waals surface area contributed by atoms with Crippen LogP contribution in [-0.4, -0.2) is 39.2 Å². The molecule has 28 heavy (non-hydrogen) atoms. The largest absolute Gasteiger partial charge is 0.495 e. The van der Waals surface area contributed by atoms with Crippen LogP contribution in [0.5, 0.6) is 5.75 Å². The Morgan fingerprint density at radius 1 is 1.25 bits per heavy atom. The van der Waals surface area contributed by atoms with Crippen molar-refractivity contribution in [2.45, 2.75) is 13.8 Å². The Kier molecular flexibility index (Phi) is 6.24. The molecular weight excluding hydrogens is 386 g/mol. The van der Waals surface area contributed by atoms with Crippen LogP contribution in [0.3, 0.4) is 0 Å². The number of nitrogens with zero attached hydrogens (tertiary/aromatic N) is 2. The molecule has 0 unspecified atom stereocenters. The van der Waals surface area contributed by atoms with Crippen molar-refractivity contribution in [2.75, 3.05) is 29.5 Å². The molecule has 1 amide bonds. The van der Waals surface area contributed by atoms with Crippen LogP contribution < -0.4 is 14.4 Å². The van der Waals surface area contributed by atoms with E-state index in [2.05, 4.69) is 5.32 Å². The first-order valence-electron chi connectivity index (χ1n) is 8.20. The van der Waals surface area contributed by atoms with E-state index in [9.17, 15) is 23.3 Å². The average molecular weight is 407 g/mol. The quantitative estimate of drug-likeness (QED) is 0.557. The summed E-state index contributed by atoms with van der Waals surface area (Å²) < 4.78 is 30.8. The monoisotopic (exact) mass is 407 g/mol. The first-order valence-corrected chi connectivity index (χ1v) is 10.1. The molecule has 1 N–H and O–H groups in total. The fourth-order valence-corrected chi connectivity index (χ4v) is 3.50. The van der Waals surface area contributed by atoms with Crippen LogP contribution in [0.2, 0.25) is 0 Å². The Hall–Kier alpha value is -3.14. The molecule has 150 valence electrons. The number of aryl methyl sites for hydroxylation is 1. The molecule has 10 heteroatoms. The number of methoxy groups -OCH3 is 1. The first kappa shape index (κ1) is 21.2. The second kappa shape index (κ2) is 8.26. The standard InChI is InChI=1S/C18H21N3O6S/c1-12-8-9-17(27-3)16(10-12)20(28(4,25)26)11-18(22)19-14-6-5-7-15(13(14)2)21(23)24/h5-10H,11H2,1-4H3,(H,19,22). The third kappa shape index (κ3) is 4.77. The molecule has 0 saturated carbocycles. The van der Waals surface area contributed by atoms with E-state index in [-0.39, 0.29) is 22.6 Å². The van der Waals surface area contributed by atoms with E-state index in [1.54, 1.807) is 25.1 Å². The molecule has 0 radical (unpaired) electrons. The summed E-state index contributed by atoms with van der Waals surface area (Å²) in [4.78, 5) is 23.0. The maximum atomic E-state index is 12.5. The van der Waals surface area contributed by atoms with Crippen molar-refractivity contribution >= 4 is 33.0 Å². The van der Waals surface area contributed by atoms with Crippen LogP contribution in [0, 0.1) is 24.0 Å². The zero-order valence-electron chi connectivity index (χ0n) is 15.9. The van der Waals surface area contributed by atoms with Gasteiger partial charge in [-0.05, 0) is 37.6 Å². The molecule has 0 heterocycles. The van der Waals surface area contributed by atoms with Crippen LogP contribution in [-0.2, 0) is 14.8 Å². The van der Waals surface area contributed by atoms with Crippen molar-refractivity contribution in [3.8, 4) is 5.75 Å². The second-order valence-electron chi connectivity index (χ2n) is 6.20. The van der Waals surface area contributed by atoms with Gasteiger partial charge in [0.2, 0.25) is 15.9 Å². The minimum absolute atomic E-state index is 0.141. The maximum Gasteiger partial charge on any atom is 0.274 e. The summed E-state index contributed by atoms with van der Waals surface area (Å²) in [6, 6.07) is 9.26. The van der Waals surface area contributed by atoms with E-state index < -0.39 is 27.4 Å². The van der Waals surface area contributed by atoms with Crippen LogP contribution in [0.25, 0.3) is 0 Å². The van der Waals surface area contributed by atoms with Gasteiger partial charge < -0.3 is 10.1 Å². The molecule has 0 aliphatic heterocycles. The van der Waals surface area contributed by atoms with E-state index in [1.165, 1.54) is 32.2 Å². The van der Waals surface area contributed by atoms with Gasteiger partial charge in [-0.2, -0.15) is 0 Å². The number of hydrogen-bond acceptors (Lipinski definition) is 6. The zero-order chi connectivity index (χ0) is 21.1. The highest BCUT2D eigenvalue weighted by Crippen LogP contribution is 2.31. The molecule has 0 saturated heterocycles. The number of benzene rings is 2. The minimum atomic E-state index is -3.80. The van der Waals surface area contributed by atoms with Crippen molar-refractivity contribution in [1.82, 2.24) is 0 Å². The Morgan fingerprint density at radius 3 is 2.50 bits per heavy atom. The van der Waals surface area contributed by atoms with Gasteiger partial charge in [-0.3, -0.25) is 19.2 Å². The normalized spacial score (nSPS) is 11.0. The van der Waals surface area contributed by atoms with Crippen molar-refractivity contribution in [2.24, 2.45) is 0 Å². The summed E-state index contributed by atoms with van der Waals surface area (Å²) in [5, 5.41) is 13.6. The van der Waals surface area contributed by atoms with Gasteiger partial charge in [0.1, 0.15) is 12.3 Å². The SMILES string of the molecule is COc1ccc(C)cc1N(CC(=O)Nc1cccc([N+](=O)[O-])c1C)S(C)(=O)=O. The lowest BCUT2D eigenvalue weighted by Crippen LogP contribution is -2.37. The number of nitrogens with one attached hydrogen (secondary N) is 1. The number of carbonyl (C=O) groups is 1. The van der Waals surface area contributed by atoms with E-state index in [0.29, 0.717) is 5.75 Å². The Balaban J connectivity index is 2.35. The molecule has 0 aliphatic carbocycles. The van der Waals surface area contributed by atoms with Gasteiger partial charge in [-0.1, -0.05) is 12.1 Å². The number of rotatable bonds is 7. The lowest BCUT2D eigenvalue weighted by atomic mass is 10.1. The third-order valence-corrected chi connectivity index (χ3v) is 5.19. The number of nitro groups is 1. The summed E-state index contributed by atoms with van der Waals surface area (Å²) in [5.74, 6) is -0.340. The van der Waals surface area contributed by atoms with Crippen molar-refractivity contribution in [3.63, 3.8) is 0 Å². The number of carbonyl (C=O) groups excluding carboxylic acids is 1. The third-order valence-electron chi connectivity index (χ3n) is 4.07. The van der Waals surface area contributed by atoms with Gasteiger partial charge in [0, 0.05) is 6.07 Å². The summed E-state index contributed by atoms with van der Waals surface area (Å²) in [6.45, 7) is 2.78. The zero-order valence-corrected chi connectivity index (χ0v) is 16.7. The average Bonchev–Trinajstić information content (AvgIpc) is 2.60. The second-order valence-corrected chi connectivity index (χ2v) is 8.11. The van der Waals surface area contributed by atoms with Gasteiger partial charge in [0.15, 0.2) is 0 Å². The van der Waals surface area contributed by atoms with Gasteiger partial charge in [0.05, 0.1) is 35.2 Å². The number of ether oxygens (including phenoxy) is 1. The van der Waals surface area contributed by atoms with Gasteiger partial charge in [-0.15, -0.1) is 0 Å². The van der Waals surface area contributed by atoms with Crippen LogP contribution in [0.15, 0.2) is 36.4 Å². The maximum absolute atomic E-state index is 12.5. The van der Waals surface area contributed by atoms with Crippen molar-refractivity contribution in [1.29, 1.82) is 0 Å². The van der Waals surface area contributed by atoms with E-state index >= 15 is 0 Å². The molecule has 2 aromatic carbocycles. The summed E-state index contributed by atoms with van der Waals surface area (Å²) >= 11 is 0. The van der Waals surface area contributed by atoms with E-state index in [4.69, 9.17) is 4.74 Å². The van der Waals surface area contributed by atoms with Gasteiger partial charge in [-0.25, -0.2) is 8.42 Å². The van der Waals surface area contributed by atoms with E-state index in [1.807, 2.05) is 0 Å². The smallest absolute Gasteiger partial charge is 0.274 e. The number of hydrogen-bond donors (Lipinski definition) is 1. The molecule has 9 nitrogen and oxygen atoms in total. The predicted octanol–water partition coefficient (Wildman–Crippen LogP) is 2.62. The minimum Gasteiger partial charge on any atom is -0.495 e. The van der Waals surface area contributed by atoms with Crippen molar-refractivity contribution < 1.29 is 22.9 Å².